The first-order chi connectivity index (χ1) is 10.1. The molecule has 1 aliphatic carbocycles. The van der Waals surface area contributed by atoms with Crippen LogP contribution in [0.4, 0.5) is 0 Å². The van der Waals surface area contributed by atoms with Crippen LogP contribution in [0.1, 0.15) is 24.8 Å². The van der Waals surface area contributed by atoms with Crippen molar-refractivity contribution in [2.24, 2.45) is 11.8 Å². The Bertz CT molecular complexity index is 557. The van der Waals surface area contributed by atoms with Crippen molar-refractivity contribution in [3.05, 3.63) is 29.8 Å². The molecule has 0 spiro atoms. The lowest BCUT2D eigenvalue weighted by molar-refractivity contribution is -0.141. The standard InChI is InChI=1S/C16H19NO4/c18-15(17-13-6-5-11(8-13)16(19)20)12-7-10-3-1-2-4-14(10)21-9-12/h1-4,11-13H,5-9H2,(H,17,18)(H,19,20). The zero-order chi connectivity index (χ0) is 14.8. The topological polar surface area (TPSA) is 75.6 Å². The van der Waals surface area contributed by atoms with Gasteiger partial charge < -0.3 is 15.2 Å². The average molecular weight is 289 g/mol. The lowest BCUT2D eigenvalue weighted by atomic mass is 9.95. The molecule has 0 bridgehead atoms. The average Bonchev–Trinajstić information content (AvgIpc) is 2.95. The summed E-state index contributed by atoms with van der Waals surface area (Å²) in [5.41, 5.74) is 1.05. The highest BCUT2D eigenvalue weighted by molar-refractivity contribution is 5.80. The second-order valence-electron chi connectivity index (χ2n) is 5.87. The molecule has 3 unspecified atom stereocenters. The van der Waals surface area contributed by atoms with Crippen LogP contribution in [-0.4, -0.2) is 29.6 Å². The van der Waals surface area contributed by atoms with Gasteiger partial charge >= 0.3 is 5.97 Å². The van der Waals surface area contributed by atoms with E-state index in [9.17, 15) is 9.59 Å². The molecule has 1 fully saturated rings. The van der Waals surface area contributed by atoms with Crippen molar-refractivity contribution in [2.75, 3.05) is 6.61 Å². The molecular formula is C16H19NO4. The fourth-order valence-electron chi connectivity index (χ4n) is 3.15. The highest BCUT2D eigenvalue weighted by atomic mass is 16.5. The minimum atomic E-state index is -0.762. The van der Waals surface area contributed by atoms with E-state index in [-0.39, 0.29) is 23.8 Å². The van der Waals surface area contributed by atoms with Gasteiger partial charge in [0.05, 0.1) is 11.8 Å². The Balaban J connectivity index is 1.57. The molecule has 0 saturated heterocycles. The first kappa shape index (κ1) is 13.9. The van der Waals surface area contributed by atoms with Crippen LogP contribution in [0.2, 0.25) is 0 Å². The Morgan fingerprint density at radius 2 is 2.00 bits per heavy atom. The molecule has 5 nitrogen and oxygen atoms in total. The number of fused-ring (bicyclic) bond motifs is 1. The lowest BCUT2D eigenvalue weighted by Crippen LogP contribution is -2.41. The maximum Gasteiger partial charge on any atom is 0.306 e. The summed E-state index contributed by atoms with van der Waals surface area (Å²) < 4.78 is 5.63. The number of carboxylic acids is 1. The summed E-state index contributed by atoms with van der Waals surface area (Å²) in [5.74, 6) is -0.446. The molecule has 1 aromatic carbocycles. The highest BCUT2D eigenvalue weighted by Crippen LogP contribution is 2.29. The minimum Gasteiger partial charge on any atom is -0.492 e. The van der Waals surface area contributed by atoms with E-state index in [1.165, 1.54) is 0 Å². The number of amides is 1. The van der Waals surface area contributed by atoms with Crippen LogP contribution in [0.25, 0.3) is 0 Å². The van der Waals surface area contributed by atoms with Crippen LogP contribution in [0.3, 0.4) is 0 Å². The van der Waals surface area contributed by atoms with Crippen molar-refractivity contribution < 1.29 is 19.4 Å². The molecule has 112 valence electrons. The van der Waals surface area contributed by atoms with Gasteiger partial charge in [-0.25, -0.2) is 0 Å². The summed E-state index contributed by atoms with van der Waals surface area (Å²) in [7, 11) is 0. The second kappa shape index (κ2) is 5.76. The van der Waals surface area contributed by atoms with Crippen molar-refractivity contribution >= 4 is 11.9 Å². The van der Waals surface area contributed by atoms with Gasteiger partial charge in [0.1, 0.15) is 12.4 Å². The zero-order valence-electron chi connectivity index (χ0n) is 11.7. The largest absolute Gasteiger partial charge is 0.492 e. The molecule has 3 atom stereocenters. The van der Waals surface area contributed by atoms with Crippen molar-refractivity contribution in [3.8, 4) is 5.75 Å². The third kappa shape index (κ3) is 3.01. The van der Waals surface area contributed by atoms with Crippen LogP contribution in [-0.2, 0) is 16.0 Å². The van der Waals surface area contributed by atoms with Crippen LogP contribution >= 0.6 is 0 Å². The van der Waals surface area contributed by atoms with Gasteiger partial charge in [-0.1, -0.05) is 18.2 Å². The second-order valence-corrected chi connectivity index (χ2v) is 5.87. The van der Waals surface area contributed by atoms with Gasteiger partial charge in [0.2, 0.25) is 5.91 Å². The van der Waals surface area contributed by atoms with Gasteiger partial charge in [-0.2, -0.15) is 0 Å². The van der Waals surface area contributed by atoms with E-state index in [1.807, 2.05) is 24.3 Å². The van der Waals surface area contributed by atoms with Crippen LogP contribution in [0.15, 0.2) is 24.3 Å². The molecular weight excluding hydrogens is 270 g/mol. The van der Waals surface area contributed by atoms with Gasteiger partial charge in [-0.3, -0.25) is 9.59 Å². The van der Waals surface area contributed by atoms with Crippen molar-refractivity contribution in [1.29, 1.82) is 0 Å². The molecule has 5 heteroatoms. The van der Waals surface area contributed by atoms with E-state index < -0.39 is 5.97 Å². The van der Waals surface area contributed by atoms with Gasteiger partial charge in [-0.15, -0.1) is 0 Å². The van der Waals surface area contributed by atoms with E-state index in [0.29, 0.717) is 25.9 Å². The van der Waals surface area contributed by atoms with Gasteiger partial charge in [0.15, 0.2) is 0 Å². The van der Waals surface area contributed by atoms with E-state index in [0.717, 1.165) is 17.7 Å². The molecule has 0 aromatic heterocycles. The summed E-state index contributed by atoms with van der Waals surface area (Å²) in [6, 6.07) is 7.74. The number of nitrogens with one attached hydrogen (secondary N) is 1. The predicted octanol–water partition coefficient (Wildman–Crippen LogP) is 1.61. The molecule has 1 aromatic rings. The number of carbonyl (C=O) groups is 2. The fraction of sp³-hybridized carbons (Fsp3) is 0.500. The van der Waals surface area contributed by atoms with E-state index in [1.54, 1.807) is 0 Å². The van der Waals surface area contributed by atoms with Gasteiger partial charge in [-0.05, 0) is 37.3 Å². The van der Waals surface area contributed by atoms with Crippen LogP contribution in [0, 0.1) is 11.8 Å². The Morgan fingerprint density at radius 1 is 1.19 bits per heavy atom. The smallest absolute Gasteiger partial charge is 0.306 e. The number of hydrogen-bond acceptors (Lipinski definition) is 3. The third-order valence-corrected chi connectivity index (χ3v) is 4.38. The number of carboxylic acid groups (broad SMARTS) is 1. The van der Waals surface area contributed by atoms with E-state index in [4.69, 9.17) is 9.84 Å². The number of aliphatic carboxylic acids is 1. The number of benzene rings is 1. The highest BCUT2D eigenvalue weighted by Gasteiger charge is 2.33. The zero-order valence-corrected chi connectivity index (χ0v) is 11.7. The van der Waals surface area contributed by atoms with Crippen LogP contribution in [0.5, 0.6) is 5.75 Å². The maximum absolute atomic E-state index is 12.3. The molecule has 21 heavy (non-hydrogen) atoms. The Kier molecular flexibility index (Phi) is 3.82. The molecule has 0 radical (unpaired) electrons. The SMILES string of the molecule is O=C(O)C1CCC(NC(=O)C2COc3ccccc3C2)C1. The monoisotopic (exact) mass is 289 g/mol. The van der Waals surface area contributed by atoms with Crippen molar-refractivity contribution in [3.63, 3.8) is 0 Å². The number of hydrogen-bond donors (Lipinski definition) is 2. The molecule has 1 aliphatic heterocycles. The molecule has 1 heterocycles. The maximum atomic E-state index is 12.3. The van der Waals surface area contributed by atoms with Crippen molar-refractivity contribution in [1.82, 2.24) is 5.32 Å². The predicted molar refractivity (Wildman–Crippen MR) is 76.0 cm³/mol. The molecule has 1 amide bonds. The van der Waals surface area contributed by atoms with Gasteiger partial charge in [0, 0.05) is 6.04 Å². The Labute approximate surface area is 123 Å². The first-order valence-corrected chi connectivity index (χ1v) is 7.37. The van der Waals surface area contributed by atoms with Crippen LogP contribution < -0.4 is 10.1 Å². The van der Waals surface area contributed by atoms with Crippen molar-refractivity contribution in [2.45, 2.75) is 31.7 Å². The number of carbonyl (C=O) groups excluding carboxylic acids is 1. The normalized spacial score (nSPS) is 27.5. The number of ether oxygens (including phenoxy) is 1. The summed E-state index contributed by atoms with van der Waals surface area (Å²) in [4.78, 5) is 23.2. The van der Waals surface area contributed by atoms with Gasteiger partial charge in [0.25, 0.3) is 0 Å². The number of para-hydroxylation sites is 1. The van der Waals surface area contributed by atoms with E-state index >= 15 is 0 Å². The Morgan fingerprint density at radius 3 is 2.76 bits per heavy atom. The summed E-state index contributed by atoms with van der Waals surface area (Å²) >= 11 is 0. The molecule has 2 N–H and O–H groups in total. The molecule has 3 rings (SSSR count). The molecule has 2 aliphatic rings. The lowest BCUT2D eigenvalue weighted by Gasteiger charge is -2.25. The summed E-state index contributed by atoms with van der Waals surface area (Å²) in [6.45, 7) is 0.387. The summed E-state index contributed by atoms with van der Waals surface area (Å²) in [5, 5.41) is 12.0. The van der Waals surface area contributed by atoms with E-state index in [2.05, 4.69) is 5.32 Å². The quantitative estimate of drug-likeness (QED) is 0.886. The summed E-state index contributed by atoms with van der Waals surface area (Å²) in [6.07, 6.45) is 2.60. The fourth-order valence-corrected chi connectivity index (χ4v) is 3.15. The first-order valence-electron chi connectivity index (χ1n) is 7.37. The minimum absolute atomic E-state index is 0.0178. The number of rotatable bonds is 3. The third-order valence-electron chi connectivity index (χ3n) is 4.38. The molecule has 1 saturated carbocycles. The Hall–Kier alpha value is -2.04.